The molecular formula is C10H8N2O4. The average molecular weight is 220 g/mol. The third kappa shape index (κ3) is 1.47. The minimum absolute atomic E-state index is 0.177. The zero-order chi connectivity index (χ0) is 11.7. The van der Waals surface area contributed by atoms with Crippen LogP contribution in [0.2, 0.25) is 0 Å². The van der Waals surface area contributed by atoms with E-state index in [1.165, 1.54) is 0 Å². The lowest BCUT2D eigenvalue weighted by Gasteiger charge is -2.18. The number of rotatable bonds is 1. The Hall–Kier alpha value is -2.13. The molecule has 16 heavy (non-hydrogen) atoms. The summed E-state index contributed by atoms with van der Waals surface area (Å²) >= 11 is 0. The van der Waals surface area contributed by atoms with Crippen LogP contribution in [0.25, 0.3) is 0 Å². The fourth-order valence-corrected chi connectivity index (χ4v) is 1.78. The van der Waals surface area contributed by atoms with Gasteiger partial charge in [0.2, 0.25) is 0 Å². The standard InChI is InChI=1S/C10H8N2O4/c11-3-6-8(10(14)15)5-1-2-16-4-7(5)12-9(6)13/h1-2,4H2,(H,12,13)(H,14,15). The maximum absolute atomic E-state index is 11.5. The number of nitrogens with zero attached hydrogens (tertiary/aromatic N) is 1. The summed E-state index contributed by atoms with van der Waals surface area (Å²) in [6, 6.07) is 1.63. The van der Waals surface area contributed by atoms with E-state index in [1.807, 2.05) is 0 Å². The van der Waals surface area contributed by atoms with Gasteiger partial charge < -0.3 is 14.8 Å². The van der Waals surface area contributed by atoms with E-state index in [0.29, 0.717) is 24.3 Å². The number of nitrogens with one attached hydrogen (secondary N) is 1. The zero-order valence-electron chi connectivity index (χ0n) is 8.24. The number of carboxylic acids is 1. The highest BCUT2D eigenvalue weighted by atomic mass is 16.5. The second-order valence-electron chi connectivity index (χ2n) is 3.38. The molecule has 0 saturated carbocycles. The Balaban J connectivity index is 2.80. The molecule has 0 saturated heterocycles. The molecule has 6 heteroatoms. The third-order valence-corrected chi connectivity index (χ3v) is 2.48. The lowest BCUT2D eigenvalue weighted by Crippen LogP contribution is -2.25. The van der Waals surface area contributed by atoms with Crippen molar-refractivity contribution in [1.82, 2.24) is 4.98 Å². The highest BCUT2D eigenvalue weighted by molar-refractivity contribution is 5.92. The van der Waals surface area contributed by atoms with Gasteiger partial charge in [0, 0.05) is 5.69 Å². The van der Waals surface area contributed by atoms with Crippen LogP contribution in [0.4, 0.5) is 0 Å². The highest BCUT2D eigenvalue weighted by Gasteiger charge is 2.24. The first-order chi connectivity index (χ1) is 7.65. The van der Waals surface area contributed by atoms with Crippen molar-refractivity contribution in [2.24, 2.45) is 0 Å². The monoisotopic (exact) mass is 220 g/mol. The van der Waals surface area contributed by atoms with Crippen LogP contribution < -0.4 is 5.56 Å². The largest absolute Gasteiger partial charge is 0.478 e. The third-order valence-electron chi connectivity index (χ3n) is 2.48. The van der Waals surface area contributed by atoms with E-state index in [9.17, 15) is 9.59 Å². The van der Waals surface area contributed by atoms with Crippen LogP contribution in [0.3, 0.4) is 0 Å². The molecule has 82 valence electrons. The van der Waals surface area contributed by atoms with E-state index in [1.54, 1.807) is 6.07 Å². The lowest BCUT2D eigenvalue weighted by molar-refractivity contribution is 0.0688. The molecule has 2 rings (SSSR count). The Morgan fingerprint density at radius 2 is 2.31 bits per heavy atom. The van der Waals surface area contributed by atoms with E-state index in [0.717, 1.165) is 0 Å². The van der Waals surface area contributed by atoms with Gasteiger partial charge in [-0.1, -0.05) is 0 Å². The number of aromatic nitrogens is 1. The van der Waals surface area contributed by atoms with Crippen molar-refractivity contribution < 1.29 is 14.6 Å². The van der Waals surface area contributed by atoms with Gasteiger partial charge >= 0.3 is 5.97 Å². The quantitative estimate of drug-likeness (QED) is 0.694. The second-order valence-corrected chi connectivity index (χ2v) is 3.38. The van der Waals surface area contributed by atoms with Crippen LogP contribution in [0.15, 0.2) is 4.79 Å². The second kappa shape index (κ2) is 3.79. The first-order valence-electron chi connectivity index (χ1n) is 4.64. The Labute approximate surface area is 90.1 Å². The molecule has 0 radical (unpaired) electrons. The summed E-state index contributed by atoms with van der Waals surface area (Å²) in [5.74, 6) is -1.25. The molecule has 0 bridgehead atoms. The van der Waals surface area contributed by atoms with E-state index in [2.05, 4.69) is 4.98 Å². The van der Waals surface area contributed by atoms with Crippen molar-refractivity contribution in [2.75, 3.05) is 6.61 Å². The molecule has 0 unspecified atom stereocenters. The minimum Gasteiger partial charge on any atom is -0.478 e. The molecule has 1 aromatic rings. The number of ether oxygens (including phenoxy) is 1. The molecule has 0 atom stereocenters. The van der Waals surface area contributed by atoms with E-state index < -0.39 is 11.5 Å². The number of pyridine rings is 1. The van der Waals surface area contributed by atoms with Gasteiger partial charge in [-0.05, 0) is 12.0 Å². The molecule has 1 aliphatic heterocycles. The maximum atomic E-state index is 11.5. The van der Waals surface area contributed by atoms with Crippen molar-refractivity contribution in [3.63, 3.8) is 0 Å². The number of nitriles is 1. The van der Waals surface area contributed by atoms with Gasteiger partial charge in [-0.2, -0.15) is 5.26 Å². The molecule has 2 heterocycles. The van der Waals surface area contributed by atoms with Gasteiger partial charge in [-0.15, -0.1) is 0 Å². The number of aromatic carboxylic acids is 1. The number of carbonyl (C=O) groups is 1. The molecule has 0 spiro atoms. The topological polar surface area (TPSA) is 103 Å². The predicted molar refractivity (Wildman–Crippen MR) is 52.1 cm³/mol. The highest BCUT2D eigenvalue weighted by Crippen LogP contribution is 2.19. The molecular weight excluding hydrogens is 212 g/mol. The van der Waals surface area contributed by atoms with Crippen LogP contribution in [0, 0.1) is 11.3 Å². The predicted octanol–water partition coefficient (Wildman–Crippen LogP) is 0.0175. The first-order valence-corrected chi connectivity index (χ1v) is 4.64. The Bertz CT molecular complexity index is 553. The van der Waals surface area contributed by atoms with E-state index in [-0.39, 0.29) is 17.7 Å². The van der Waals surface area contributed by atoms with Gasteiger partial charge in [-0.25, -0.2) is 4.79 Å². The summed E-state index contributed by atoms with van der Waals surface area (Å²) in [6.45, 7) is 0.570. The van der Waals surface area contributed by atoms with Gasteiger partial charge in [0.25, 0.3) is 5.56 Å². The Morgan fingerprint density at radius 3 is 2.94 bits per heavy atom. The van der Waals surface area contributed by atoms with Gasteiger partial charge in [0.1, 0.15) is 11.6 Å². The lowest BCUT2D eigenvalue weighted by atomic mass is 9.98. The zero-order valence-corrected chi connectivity index (χ0v) is 8.24. The fraction of sp³-hybridized carbons (Fsp3) is 0.300. The molecule has 0 amide bonds. The van der Waals surface area contributed by atoms with Gasteiger partial charge in [0.05, 0.1) is 18.8 Å². The van der Waals surface area contributed by atoms with Crippen LogP contribution in [-0.4, -0.2) is 22.7 Å². The summed E-state index contributed by atoms with van der Waals surface area (Å²) in [5, 5.41) is 17.8. The summed E-state index contributed by atoms with van der Waals surface area (Å²) in [4.78, 5) is 25.0. The van der Waals surface area contributed by atoms with Crippen LogP contribution >= 0.6 is 0 Å². The summed E-state index contributed by atoms with van der Waals surface area (Å²) in [7, 11) is 0. The van der Waals surface area contributed by atoms with Gasteiger partial charge in [0.15, 0.2) is 0 Å². The number of hydrogen-bond acceptors (Lipinski definition) is 4. The van der Waals surface area contributed by atoms with Crippen molar-refractivity contribution in [2.45, 2.75) is 13.0 Å². The number of H-pyrrole nitrogens is 1. The Kier molecular flexibility index (Phi) is 2.46. The SMILES string of the molecule is N#Cc1c(C(=O)O)c2c([nH]c1=O)COCC2. The molecule has 0 aromatic carbocycles. The van der Waals surface area contributed by atoms with E-state index in [4.69, 9.17) is 15.1 Å². The summed E-state index contributed by atoms with van der Waals surface area (Å²) < 4.78 is 5.11. The number of fused-ring (bicyclic) bond motifs is 1. The van der Waals surface area contributed by atoms with E-state index >= 15 is 0 Å². The van der Waals surface area contributed by atoms with Crippen molar-refractivity contribution in [3.05, 3.63) is 32.7 Å². The van der Waals surface area contributed by atoms with Crippen LogP contribution in [0.5, 0.6) is 0 Å². The van der Waals surface area contributed by atoms with Crippen LogP contribution in [0.1, 0.15) is 27.2 Å². The molecule has 0 fully saturated rings. The normalized spacial score (nSPS) is 13.9. The number of aromatic amines is 1. The summed E-state index contributed by atoms with van der Waals surface area (Å²) in [6.07, 6.45) is 0.391. The van der Waals surface area contributed by atoms with Crippen molar-refractivity contribution >= 4 is 5.97 Å². The minimum atomic E-state index is -1.25. The molecule has 1 aromatic heterocycles. The molecule has 1 aliphatic rings. The van der Waals surface area contributed by atoms with Crippen LogP contribution in [-0.2, 0) is 17.8 Å². The number of hydrogen-bond donors (Lipinski definition) is 2. The smallest absolute Gasteiger partial charge is 0.337 e. The molecule has 2 N–H and O–H groups in total. The fourth-order valence-electron chi connectivity index (χ4n) is 1.78. The molecule has 0 aliphatic carbocycles. The first kappa shape index (κ1) is 10.4. The van der Waals surface area contributed by atoms with Gasteiger partial charge in [-0.3, -0.25) is 4.79 Å². The maximum Gasteiger partial charge on any atom is 0.337 e. The molecule has 6 nitrogen and oxygen atoms in total. The van der Waals surface area contributed by atoms with Crippen molar-refractivity contribution in [1.29, 1.82) is 5.26 Å². The summed E-state index contributed by atoms with van der Waals surface area (Å²) in [5.41, 5.74) is -0.260. The average Bonchev–Trinajstić information content (AvgIpc) is 2.26. The Morgan fingerprint density at radius 1 is 1.56 bits per heavy atom. The number of carboxylic acid groups (broad SMARTS) is 1. The van der Waals surface area contributed by atoms with Crippen molar-refractivity contribution in [3.8, 4) is 6.07 Å².